The van der Waals surface area contributed by atoms with Gasteiger partial charge in [0.2, 0.25) is 0 Å². The highest BCUT2D eigenvalue weighted by Gasteiger charge is 2.15. The average Bonchev–Trinajstić information content (AvgIpc) is 1.78. The molecular weight excluding hydrogens is 117 g/mol. The summed E-state index contributed by atoms with van der Waals surface area (Å²) in [5.41, 5.74) is 5.30. The molecule has 1 aliphatic carbocycles. The van der Waals surface area contributed by atoms with E-state index in [9.17, 15) is 4.39 Å². The summed E-state index contributed by atoms with van der Waals surface area (Å²) in [5, 5.41) is 0. The van der Waals surface area contributed by atoms with Crippen LogP contribution in [0.1, 0.15) is 13.3 Å². The maximum atomic E-state index is 12.2. The third kappa shape index (κ3) is 1.64. The molecule has 0 spiro atoms. The minimum absolute atomic E-state index is 0.182. The molecule has 0 aliphatic heterocycles. The molecule has 1 unspecified atom stereocenters. The summed E-state index contributed by atoms with van der Waals surface area (Å²) in [6.45, 7) is 1.87. The van der Waals surface area contributed by atoms with Crippen LogP contribution in [0.4, 0.5) is 4.39 Å². The van der Waals surface area contributed by atoms with Crippen molar-refractivity contribution in [2.75, 3.05) is 0 Å². The fraction of sp³-hybridized carbons (Fsp3) is 0.429. The molecule has 0 bridgehead atoms. The van der Waals surface area contributed by atoms with E-state index >= 15 is 0 Å². The smallest absolute Gasteiger partial charge is 0.119 e. The van der Waals surface area contributed by atoms with Crippen LogP contribution in [0.15, 0.2) is 24.1 Å². The normalized spacial score (nSPS) is 34.3. The standard InChI is InChI=1S/C7H10FN/c1-7(9)4-2-6(8)3-5-7/h2-4H,5,9H2,1H3. The summed E-state index contributed by atoms with van der Waals surface area (Å²) in [6, 6.07) is 0. The predicted octanol–water partition coefficient (Wildman–Crippen LogP) is 1.52. The summed E-state index contributed by atoms with van der Waals surface area (Å²) < 4.78 is 12.2. The van der Waals surface area contributed by atoms with Crippen molar-refractivity contribution >= 4 is 0 Å². The monoisotopic (exact) mass is 127 g/mol. The van der Waals surface area contributed by atoms with Crippen molar-refractivity contribution in [2.24, 2.45) is 5.73 Å². The Morgan fingerprint density at radius 1 is 1.78 bits per heavy atom. The van der Waals surface area contributed by atoms with Gasteiger partial charge in [0, 0.05) is 5.54 Å². The first-order valence-electron chi connectivity index (χ1n) is 2.94. The van der Waals surface area contributed by atoms with Crippen LogP contribution in [0.2, 0.25) is 0 Å². The summed E-state index contributed by atoms with van der Waals surface area (Å²) in [5.74, 6) is -0.182. The van der Waals surface area contributed by atoms with Crippen LogP contribution in [-0.4, -0.2) is 5.54 Å². The van der Waals surface area contributed by atoms with Crippen LogP contribution >= 0.6 is 0 Å². The third-order valence-corrected chi connectivity index (χ3v) is 1.36. The van der Waals surface area contributed by atoms with Gasteiger partial charge in [-0.1, -0.05) is 6.08 Å². The van der Waals surface area contributed by atoms with Crippen molar-refractivity contribution in [3.8, 4) is 0 Å². The molecule has 9 heavy (non-hydrogen) atoms. The quantitative estimate of drug-likeness (QED) is 0.524. The van der Waals surface area contributed by atoms with Crippen molar-refractivity contribution in [3.05, 3.63) is 24.1 Å². The van der Waals surface area contributed by atoms with Crippen molar-refractivity contribution in [1.82, 2.24) is 0 Å². The summed E-state index contributed by atoms with van der Waals surface area (Å²) in [6.07, 6.45) is 5.18. The van der Waals surface area contributed by atoms with Crippen LogP contribution in [0, 0.1) is 0 Å². The van der Waals surface area contributed by atoms with Crippen LogP contribution in [0.25, 0.3) is 0 Å². The van der Waals surface area contributed by atoms with E-state index in [1.54, 1.807) is 6.08 Å². The minimum atomic E-state index is -0.338. The fourth-order valence-electron chi connectivity index (χ4n) is 0.723. The maximum absolute atomic E-state index is 12.2. The average molecular weight is 127 g/mol. The van der Waals surface area contributed by atoms with Crippen LogP contribution in [0.5, 0.6) is 0 Å². The Bertz CT molecular complexity index is 168. The zero-order chi connectivity index (χ0) is 6.91. The molecule has 2 N–H and O–H groups in total. The Labute approximate surface area is 54.0 Å². The predicted molar refractivity (Wildman–Crippen MR) is 35.5 cm³/mol. The van der Waals surface area contributed by atoms with E-state index in [4.69, 9.17) is 5.73 Å². The van der Waals surface area contributed by atoms with Crippen LogP contribution in [-0.2, 0) is 0 Å². The Hall–Kier alpha value is -0.630. The molecule has 0 fully saturated rings. The molecule has 1 atom stereocenters. The molecular formula is C7H10FN. The van der Waals surface area contributed by atoms with Gasteiger partial charge in [0.25, 0.3) is 0 Å². The molecule has 1 nitrogen and oxygen atoms in total. The highest BCUT2D eigenvalue weighted by Crippen LogP contribution is 2.17. The second-order valence-electron chi connectivity index (χ2n) is 2.63. The topological polar surface area (TPSA) is 26.0 Å². The van der Waals surface area contributed by atoms with E-state index < -0.39 is 0 Å². The van der Waals surface area contributed by atoms with Crippen molar-refractivity contribution in [2.45, 2.75) is 18.9 Å². The van der Waals surface area contributed by atoms with Crippen molar-refractivity contribution < 1.29 is 4.39 Å². The zero-order valence-corrected chi connectivity index (χ0v) is 5.39. The lowest BCUT2D eigenvalue weighted by molar-refractivity contribution is 0.557. The highest BCUT2D eigenvalue weighted by atomic mass is 19.1. The first kappa shape index (κ1) is 6.49. The van der Waals surface area contributed by atoms with Crippen LogP contribution < -0.4 is 5.73 Å². The largest absolute Gasteiger partial charge is 0.322 e. The molecule has 1 rings (SSSR count). The van der Waals surface area contributed by atoms with Gasteiger partial charge in [-0.25, -0.2) is 4.39 Å². The van der Waals surface area contributed by atoms with Gasteiger partial charge < -0.3 is 5.73 Å². The van der Waals surface area contributed by atoms with Crippen molar-refractivity contribution in [1.29, 1.82) is 0 Å². The summed E-state index contributed by atoms with van der Waals surface area (Å²) in [4.78, 5) is 0. The highest BCUT2D eigenvalue weighted by molar-refractivity contribution is 5.23. The Morgan fingerprint density at radius 3 is 2.78 bits per heavy atom. The Balaban J connectivity index is 2.70. The number of hydrogen-bond acceptors (Lipinski definition) is 1. The van der Waals surface area contributed by atoms with Gasteiger partial charge in [0.05, 0.1) is 0 Å². The summed E-state index contributed by atoms with van der Waals surface area (Å²) >= 11 is 0. The van der Waals surface area contributed by atoms with E-state index in [-0.39, 0.29) is 11.4 Å². The molecule has 50 valence electrons. The molecule has 0 amide bonds. The van der Waals surface area contributed by atoms with Crippen molar-refractivity contribution in [3.63, 3.8) is 0 Å². The fourth-order valence-corrected chi connectivity index (χ4v) is 0.723. The number of halogens is 1. The number of rotatable bonds is 0. The Morgan fingerprint density at radius 2 is 2.44 bits per heavy atom. The van der Waals surface area contributed by atoms with Gasteiger partial charge in [-0.2, -0.15) is 0 Å². The second kappa shape index (κ2) is 1.95. The minimum Gasteiger partial charge on any atom is -0.322 e. The van der Waals surface area contributed by atoms with Gasteiger partial charge in [-0.05, 0) is 25.5 Å². The Kier molecular flexibility index (Phi) is 1.41. The molecule has 0 aromatic rings. The van der Waals surface area contributed by atoms with E-state index in [2.05, 4.69) is 0 Å². The number of hydrogen-bond donors (Lipinski definition) is 1. The SMILES string of the molecule is CC1(N)C=CC(F)=CC1. The van der Waals surface area contributed by atoms with Gasteiger partial charge in [0.1, 0.15) is 5.83 Å². The van der Waals surface area contributed by atoms with E-state index in [0.717, 1.165) is 0 Å². The van der Waals surface area contributed by atoms with E-state index in [0.29, 0.717) is 6.42 Å². The molecule has 0 aromatic carbocycles. The first-order valence-corrected chi connectivity index (χ1v) is 2.94. The molecule has 1 aliphatic rings. The van der Waals surface area contributed by atoms with E-state index in [1.165, 1.54) is 12.2 Å². The third-order valence-electron chi connectivity index (χ3n) is 1.36. The van der Waals surface area contributed by atoms with E-state index in [1.807, 2.05) is 6.92 Å². The molecule has 0 aromatic heterocycles. The molecule has 2 heteroatoms. The molecule has 0 saturated carbocycles. The van der Waals surface area contributed by atoms with Gasteiger partial charge in [0.15, 0.2) is 0 Å². The summed E-state index contributed by atoms with van der Waals surface area (Å²) in [7, 11) is 0. The van der Waals surface area contributed by atoms with Gasteiger partial charge in [-0.15, -0.1) is 0 Å². The zero-order valence-electron chi connectivity index (χ0n) is 5.39. The second-order valence-corrected chi connectivity index (χ2v) is 2.63. The lowest BCUT2D eigenvalue weighted by Crippen LogP contribution is -2.33. The number of allylic oxidation sites excluding steroid dienone is 2. The van der Waals surface area contributed by atoms with Gasteiger partial charge >= 0.3 is 0 Å². The maximum Gasteiger partial charge on any atom is 0.119 e. The van der Waals surface area contributed by atoms with Crippen LogP contribution in [0.3, 0.4) is 0 Å². The molecule has 0 heterocycles. The molecule has 0 radical (unpaired) electrons. The molecule has 0 saturated heterocycles. The van der Waals surface area contributed by atoms with Gasteiger partial charge in [-0.3, -0.25) is 0 Å². The lowest BCUT2D eigenvalue weighted by Gasteiger charge is -2.20. The first-order chi connectivity index (χ1) is 4.10. The number of nitrogens with two attached hydrogens (primary N) is 1. The lowest BCUT2D eigenvalue weighted by atomic mass is 9.95.